The zero-order chi connectivity index (χ0) is 19.9. The molecule has 0 bridgehead atoms. The molecular formula is C17H15ClN4O4S2. The zero-order valence-corrected chi connectivity index (χ0v) is 17.0. The van der Waals surface area contributed by atoms with Crippen molar-refractivity contribution in [3.63, 3.8) is 0 Å². The van der Waals surface area contributed by atoms with Gasteiger partial charge in [-0.05, 0) is 30.3 Å². The zero-order valence-electron chi connectivity index (χ0n) is 14.6. The van der Waals surface area contributed by atoms with Crippen molar-refractivity contribution < 1.29 is 18.7 Å². The van der Waals surface area contributed by atoms with Crippen molar-refractivity contribution in [2.24, 2.45) is 0 Å². The van der Waals surface area contributed by atoms with E-state index in [9.17, 15) is 9.59 Å². The number of halogens is 1. The van der Waals surface area contributed by atoms with Gasteiger partial charge in [0.2, 0.25) is 11.0 Å². The van der Waals surface area contributed by atoms with Crippen LogP contribution in [-0.2, 0) is 11.3 Å². The Balaban J connectivity index is 1.52. The Kier molecular flexibility index (Phi) is 6.90. The van der Waals surface area contributed by atoms with Crippen molar-refractivity contribution in [2.75, 3.05) is 18.2 Å². The van der Waals surface area contributed by atoms with Gasteiger partial charge in [-0.15, -0.1) is 10.2 Å². The summed E-state index contributed by atoms with van der Waals surface area (Å²) >= 11 is 8.34. The molecule has 0 spiro atoms. The Morgan fingerprint density at radius 2 is 2.18 bits per heavy atom. The molecule has 11 heteroatoms. The van der Waals surface area contributed by atoms with E-state index in [0.29, 0.717) is 32.5 Å². The van der Waals surface area contributed by atoms with E-state index < -0.39 is 5.91 Å². The fourth-order valence-electron chi connectivity index (χ4n) is 2.12. The molecule has 0 atom stereocenters. The molecule has 0 fully saturated rings. The smallest absolute Gasteiger partial charge is 0.261 e. The van der Waals surface area contributed by atoms with Crippen LogP contribution in [0.3, 0.4) is 0 Å². The van der Waals surface area contributed by atoms with Crippen molar-refractivity contribution >= 4 is 51.6 Å². The number of amides is 2. The van der Waals surface area contributed by atoms with Gasteiger partial charge in [0.05, 0.1) is 31.2 Å². The number of furan rings is 1. The van der Waals surface area contributed by atoms with Crippen molar-refractivity contribution in [1.82, 2.24) is 15.5 Å². The number of rotatable bonds is 8. The van der Waals surface area contributed by atoms with Crippen LogP contribution >= 0.6 is 34.7 Å². The molecule has 0 aliphatic carbocycles. The summed E-state index contributed by atoms with van der Waals surface area (Å²) in [6, 6.07) is 8.29. The molecule has 0 aliphatic heterocycles. The normalized spacial score (nSPS) is 10.5. The number of aromatic nitrogens is 2. The Bertz CT molecular complexity index is 962. The first kappa shape index (κ1) is 20.2. The average molecular weight is 439 g/mol. The maximum atomic E-state index is 12.4. The average Bonchev–Trinajstić information content (AvgIpc) is 3.36. The lowest BCUT2D eigenvalue weighted by Crippen LogP contribution is -2.24. The third kappa shape index (κ3) is 5.47. The highest BCUT2D eigenvalue weighted by Crippen LogP contribution is 2.27. The van der Waals surface area contributed by atoms with E-state index in [2.05, 4.69) is 20.8 Å². The van der Waals surface area contributed by atoms with Crippen LogP contribution in [0.2, 0.25) is 5.02 Å². The van der Waals surface area contributed by atoms with Crippen molar-refractivity contribution in [1.29, 1.82) is 0 Å². The molecule has 3 rings (SSSR count). The Hall–Kier alpha value is -2.56. The van der Waals surface area contributed by atoms with Crippen LogP contribution in [0.15, 0.2) is 45.4 Å². The number of nitrogens with one attached hydrogen (secondary N) is 2. The summed E-state index contributed by atoms with van der Waals surface area (Å²) in [7, 11) is 1.47. The van der Waals surface area contributed by atoms with E-state index in [0.717, 1.165) is 0 Å². The molecule has 8 nitrogen and oxygen atoms in total. The molecule has 0 unspecified atom stereocenters. The molecular weight excluding hydrogens is 424 g/mol. The Labute approximate surface area is 173 Å². The largest absolute Gasteiger partial charge is 0.496 e. The third-order valence-electron chi connectivity index (χ3n) is 3.40. The van der Waals surface area contributed by atoms with E-state index in [1.165, 1.54) is 36.3 Å². The number of ether oxygens (including phenoxy) is 1. The molecule has 2 N–H and O–H groups in total. The molecule has 0 aliphatic rings. The molecule has 146 valence electrons. The minimum atomic E-state index is -0.414. The molecule has 2 amide bonds. The first-order chi connectivity index (χ1) is 13.5. The fourth-order valence-corrected chi connectivity index (χ4v) is 3.87. The number of hydrogen-bond donors (Lipinski definition) is 2. The summed E-state index contributed by atoms with van der Waals surface area (Å²) in [5.41, 5.74) is 0.289. The minimum absolute atomic E-state index is 0.161. The van der Waals surface area contributed by atoms with Gasteiger partial charge in [-0.25, -0.2) is 0 Å². The van der Waals surface area contributed by atoms with Crippen molar-refractivity contribution in [3.8, 4) is 5.75 Å². The van der Waals surface area contributed by atoms with Crippen LogP contribution < -0.4 is 15.4 Å². The van der Waals surface area contributed by atoms with Crippen LogP contribution in [0.4, 0.5) is 5.13 Å². The fraction of sp³-hybridized carbons (Fsp3) is 0.176. The van der Waals surface area contributed by atoms with Gasteiger partial charge in [0, 0.05) is 5.02 Å². The molecule has 1 aromatic carbocycles. The van der Waals surface area contributed by atoms with Crippen LogP contribution in [0.5, 0.6) is 5.75 Å². The predicted molar refractivity (Wildman–Crippen MR) is 107 cm³/mol. The second kappa shape index (κ2) is 9.58. The number of methoxy groups -OCH3 is 1. The van der Waals surface area contributed by atoms with E-state index in [-0.39, 0.29) is 17.2 Å². The highest BCUT2D eigenvalue weighted by Gasteiger charge is 2.16. The number of anilines is 1. The number of carbonyl (C=O) groups excluding carboxylic acids is 2. The lowest BCUT2D eigenvalue weighted by atomic mass is 10.2. The lowest BCUT2D eigenvalue weighted by molar-refractivity contribution is -0.118. The summed E-state index contributed by atoms with van der Waals surface area (Å²) in [5, 5.41) is 14.0. The number of hydrogen-bond acceptors (Lipinski definition) is 8. The first-order valence-corrected chi connectivity index (χ1v) is 10.1. The van der Waals surface area contributed by atoms with Gasteiger partial charge in [-0.2, -0.15) is 0 Å². The van der Waals surface area contributed by atoms with E-state index in [4.69, 9.17) is 20.8 Å². The van der Waals surface area contributed by atoms with Gasteiger partial charge in [-0.3, -0.25) is 14.9 Å². The SMILES string of the molecule is COc1ccc(Cl)cc1C(=O)Nc1nnc(SCC(=O)NCc2ccco2)s1. The maximum Gasteiger partial charge on any atom is 0.261 e. The van der Waals surface area contributed by atoms with Gasteiger partial charge in [0.25, 0.3) is 5.91 Å². The lowest BCUT2D eigenvalue weighted by Gasteiger charge is -2.07. The summed E-state index contributed by atoms with van der Waals surface area (Å²) in [6.45, 7) is 0.325. The van der Waals surface area contributed by atoms with Gasteiger partial charge in [0.15, 0.2) is 4.34 Å². The number of benzene rings is 1. The van der Waals surface area contributed by atoms with Crippen molar-refractivity contribution in [3.05, 3.63) is 52.9 Å². The number of carbonyl (C=O) groups is 2. The molecule has 2 aromatic heterocycles. The highest BCUT2D eigenvalue weighted by molar-refractivity contribution is 8.01. The van der Waals surface area contributed by atoms with Crippen LogP contribution in [0.25, 0.3) is 0 Å². The van der Waals surface area contributed by atoms with Crippen molar-refractivity contribution in [2.45, 2.75) is 10.9 Å². The topological polar surface area (TPSA) is 106 Å². The second-order valence-corrected chi connectivity index (χ2v) is 7.95. The highest BCUT2D eigenvalue weighted by atomic mass is 35.5. The molecule has 3 aromatic rings. The van der Waals surface area contributed by atoms with Gasteiger partial charge in [0.1, 0.15) is 11.5 Å². The van der Waals surface area contributed by atoms with Gasteiger partial charge in [-0.1, -0.05) is 34.7 Å². The van der Waals surface area contributed by atoms with Crippen LogP contribution in [-0.4, -0.2) is 34.9 Å². The number of nitrogens with zero attached hydrogens (tertiary/aromatic N) is 2. The molecule has 2 heterocycles. The monoisotopic (exact) mass is 438 g/mol. The standard InChI is InChI=1S/C17H15ClN4O4S2/c1-25-13-5-4-10(18)7-12(13)15(24)20-16-21-22-17(28-16)27-9-14(23)19-8-11-3-2-6-26-11/h2-7H,8-9H2,1H3,(H,19,23)(H,20,21,24). The minimum Gasteiger partial charge on any atom is -0.496 e. The summed E-state index contributed by atoms with van der Waals surface area (Å²) < 4.78 is 10.9. The van der Waals surface area contributed by atoms with E-state index in [1.807, 2.05) is 0 Å². The van der Waals surface area contributed by atoms with Crippen LogP contribution in [0, 0.1) is 0 Å². The van der Waals surface area contributed by atoms with E-state index >= 15 is 0 Å². The van der Waals surface area contributed by atoms with Gasteiger partial charge < -0.3 is 14.5 Å². The summed E-state index contributed by atoms with van der Waals surface area (Å²) in [6.07, 6.45) is 1.55. The second-order valence-electron chi connectivity index (χ2n) is 5.32. The Morgan fingerprint density at radius 3 is 2.93 bits per heavy atom. The first-order valence-electron chi connectivity index (χ1n) is 7.95. The number of thioether (sulfide) groups is 1. The summed E-state index contributed by atoms with van der Waals surface area (Å²) in [5.74, 6) is 0.671. The van der Waals surface area contributed by atoms with Gasteiger partial charge >= 0.3 is 0 Å². The molecule has 0 saturated heterocycles. The third-order valence-corrected chi connectivity index (χ3v) is 5.61. The van der Waals surface area contributed by atoms with E-state index in [1.54, 1.807) is 30.5 Å². The van der Waals surface area contributed by atoms with Crippen LogP contribution in [0.1, 0.15) is 16.1 Å². The quantitative estimate of drug-likeness (QED) is 0.409. The molecule has 0 radical (unpaired) electrons. The Morgan fingerprint density at radius 1 is 1.32 bits per heavy atom. The summed E-state index contributed by atoms with van der Waals surface area (Å²) in [4.78, 5) is 24.3. The molecule has 28 heavy (non-hydrogen) atoms. The predicted octanol–water partition coefficient (Wildman–Crippen LogP) is 3.45. The molecule has 0 saturated carbocycles. The maximum absolute atomic E-state index is 12.4.